The molecule has 0 amide bonds. The van der Waals surface area contributed by atoms with E-state index < -0.39 is 43.4 Å². The van der Waals surface area contributed by atoms with E-state index in [0.717, 1.165) is 13.0 Å². The molecule has 1 aromatic carbocycles. The van der Waals surface area contributed by atoms with E-state index in [1.54, 1.807) is 4.72 Å². The molecule has 19 heavy (non-hydrogen) atoms. The van der Waals surface area contributed by atoms with E-state index in [2.05, 4.69) is 0 Å². The topological polar surface area (TPSA) is 127 Å². The Bertz CT molecular complexity index is 630. The normalized spacial score (nSPS) is 12.9. The molecule has 0 saturated carbocycles. The minimum Gasteiger partial charge on any atom is -0.480 e. The van der Waals surface area contributed by atoms with E-state index in [4.69, 9.17) is 5.11 Å². The van der Waals surface area contributed by atoms with Crippen LogP contribution in [0.4, 0.5) is 10.1 Å². The second kappa shape index (κ2) is 5.28. The Labute approximate surface area is 107 Å². The van der Waals surface area contributed by atoms with Crippen molar-refractivity contribution in [2.45, 2.75) is 17.9 Å². The molecular weight excluding hydrogens is 283 g/mol. The van der Waals surface area contributed by atoms with E-state index in [9.17, 15) is 27.7 Å². The summed E-state index contributed by atoms with van der Waals surface area (Å²) in [6.45, 7) is 1.05. The largest absolute Gasteiger partial charge is 0.480 e. The van der Waals surface area contributed by atoms with Crippen LogP contribution in [0.5, 0.6) is 0 Å². The summed E-state index contributed by atoms with van der Waals surface area (Å²) in [5.41, 5.74) is -0.968. The highest BCUT2D eigenvalue weighted by Gasteiger charge is 2.29. The maximum absolute atomic E-state index is 12.9. The fraction of sp³-hybridized carbons (Fsp3) is 0.222. The molecule has 0 fully saturated rings. The number of halogens is 1. The van der Waals surface area contributed by atoms with E-state index in [1.807, 2.05) is 0 Å². The highest BCUT2D eigenvalue weighted by Crippen LogP contribution is 2.24. The Morgan fingerprint density at radius 1 is 1.53 bits per heavy atom. The van der Waals surface area contributed by atoms with Crippen LogP contribution in [0.2, 0.25) is 0 Å². The molecular formula is C9H9FN2O6S. The van der Waals surface area contributed by atoms with E-state index in [1.165, 1.54) is 0 Å². The fourth-order valence-electron chi connectivity index (χ4n) is 1.21. The van der Waals surface area contributed by atoms with Crippen LogP contribution in [-0.2, 0) is 14.8 Å². The molecule has 0 unspecified atom stereocenters. The van der Waals surface area contributed by atoms with Crippen molar-refractivity contribution < 1.29 is 27.6 Å². The highest BCUT2D eigenvalue weighted by atomic mass is 32.2. The number of carbonyl (C=O) groups is 1. The number of sulfonamides is 1. The lowest BCUT2D eigenvalue weighted by atomic mass is 10.3. The zero-order valence-corrected chi connectivity index (χ0v) is 10.3. The third kappa shape index (κ3) is 3.45. The van der Waals surface area contributed by atoms with Crippen LogP contribution in [0.1, 0.15) is 6.92 Å². The van der Waals surface area contributed by atoms with Gasteiger partial charge in [0.2, 0.25) is 10.0 Å². The molecule has 104 valence electrons. The number of rotatable bonds is 5. The molecule has 10 heteroatoms. The first-order valence-electron chi connectivity index (χ1n) is 4.84. The lowest BCUT2D eigenvalue weighted by Crippen LogP contribution is -2.38. The Morgan fingerprint density at radius 2 is 2.11 bits per heavy atom. The SMILES string of the molecule is C[C@@H](NS(=O)(=O)c1ccc(F)cc1[N+](=O)[O-])C(=O)O. The summed E-state index contributed by atoms with van der Waals surface area (Å²) in [6.07, 6.45) is 0. The zero-order valence-electron chi connectivity index (χ0n) is 9.53. The maximum Gasteiger partial charge on any atom is 0.321 e. The third-order valence-corrected chi connectivity index (χ3v) is 3.70. The van der Waals surface area contributed by atoms with Gasteiger partial charge in [-0.2, -0.15) is 4.72 Å². The molecule has 1 aromatic rings. The molecule has 8 nitrogen and oxygen atoms in total. The van der Waals surface area contributed by atoms with Gasteiger partial charge >= 0.3 is 5.97 Å². The summed E-state index contributed by atoms with van der Waals surface area (Å²) in [5.74, 6) is -2.43. The smallest absolute Gasteiger partial charge is 0.321 e. The minimum absolute atomic E-state index is 0.444. The number of aliphatic carboxylic acids is 1. The van der Waals surface area contributed by atoms with Gasteiger partial charge in [-0.25, -0.2) is 12.8 Å². The summed E-state index contributed by atoms with van der Waals surface area (Å²) in [7, 11) is -4.44. The molecule has 2 N–H and O–H groups in total. The number of hydrogen-bond donors (Lipinski definition) is 2. The molecule has 0 aliphatic heterocycles. The standard InChI is InChI=1S/C9H9FN2O6S/c1-5(9(13)14)11-19(17,18)8-3-2-6(10)4-7(8)12(15)16/h2-5,11H,1H3,(H,13,14)/t5-/m1/s1. The van der Waals surface area contributed by atoms with Gasteiger partial charge in [0.25, 0.3) is 5.69 Å². The first kappa shape index (κ1) is 15.0. The molecule has 0 spiro atoms. The van der Waals surface area contributed by atoms with Gasteiger partial charge in [-0.15, -0.1) is 0 Å². The molecule has 0 aliphatic carbocycles. The molecule has 1 atom stereocenters. The van der Waals surface area contributed by atoms with Crippen molar-refractivity contribution >= 4 is 21.7 Å². The van der Waals surface area contributed by atoms with Crippen LogP contribution >= 0.6 is 0 Å². The fourth-order valence-corrected chi connectivity index (χ4v) is 2.56. The van der Waals surface area contributed by atoms with Crippen LogP contribution < -0.4 is 4.72 Å². The van der Waals surface area contributed by atoms with Gasteiger partial charge in [0, 0.05) is 0 Å². The quantitative estimate of drug-likeness (QED) is 0.600. The second-order valence-electron chi connectivity index (χ2n) is 3.55. The first-order chi connectivity index (χ1) is 8.65. The van der Waals surface area contributed by atoms with Gasteiger partial charge in [-0.1, -0.05) is 0 Å². The number of carboxylic acid groups (broad SMARTS) is 1. The van der Waals surface area contributed by atoms with Crippen molar-refractivity contribution in [1.82, 2.24) is 4.72 Å². The summed E-state index contributed by atoms with van der Waals surface area (Å²) in [5, 5.41) is 19.3. The average Bonchev–Trinajstić information content (AvgIpc) is 2.27. The average molecular weight is 292 g/mol. The maximum atomic E-state index is 12.9. The summed E-state index contributed by atoms with van der Waals surface area (Å²) in [4.78, 5) is 19.4. The van der Waals surface area contributed by atoms with E-state index in [0.29, 0.717) is 12.1 Å². The number of nitro benzene ring substituents is 1. The van der Waals surface area contributed by atoms with Crippen LogP contribution in [0.3, 0.4) is 0 Å². The monoisotopic (exact) mass is 292 g/mol. The Morgan fingerprint density at radius 3 is 2.58 bits per heavy atom. The van der Waals surface area contributed by atoms with Gasteiger partial charge in [0.1, 0.15) is 11.9 Å². The Balaban J connectivity index is 3.29. The van der Waals surface area contributed by atoms with Crippen molar-refractivity contribution in [1.29, 1.82) is 0 Å². The summed E-state index contributed by atoms with van der Waals surface area (Å²) < 4.78 is 38.2. The van der Waals surface area contributed by atoms with Crippen LogP contribution in [0.25, 0.3) is 0 Å². The molecule has 0 radical (unpaired) electrons. The molecule has 0 aromatic heterocycles. The van der Waals surface area contributed by atoms with Crippen molar-refractivity contribution in [3.05, 3.63) is 34.1 Å². The van der Waals surface area contributed by atoms with Crippen molar-refractivity contribution in [2.24, 2.45) is 0 Å². The molecule has 0 heterocycles. The second-order valence-corrected chi connectivity index (χ2v) is 5.23. The van der Waals surface area contributed by atoms with Crippen LogP contribution in [0.15, 0.2) is 23.1 Å². The van der Waals surface area contributed by atoms with Crippen molar-refractivity contribution in [3.8, 4) is 0 Å². The van der Waals surface area contributed by atoms with Gasteiger partial charge in [-0.3, -0.25) is 14.9 Å². The van der Waals surface area contributed by atoms with Crippen molar-refractivity contribution in [2.75, 3.05) is 0 Å². The minimum atomic E-state index is -4.44. The van der Waals surface area contributed by atoms with Gasteiger partial charge < -0.3 is 5.11 Å². The van der Waals surface area contributed by atoms with Crippen LogP contribution in [0, 0.1) is 15.9 Å². The lowest BCUT2D eigenvalue weighted by molar-refractivity contribution is -0.388. The molecule has 1 rings (SSSR count). The van der Waals surface area contributed by atoms with E-state index >= 15 is 0 Å². The number of carboxylic acids is 1. The number of hydrogen-bond acceptors (Lipinski definition) is 5. The lowest BCUT2D eigenvalue weighted by Gasteiger charge is -2.10. The molecule has 0 aliphatic rings. The number of nitrogens with zero attached hydrogens (tertiary/aromatic N) is 1. The predicted octanol–water partition coefficient (Wildman–Crippen LogP) is 0.485. The number of nitro groups is 1. The van der Waals surface area contributed by atoms with Gasteiger partial charge in [0.05, 0.1) is 11.0 Å². The first-order valence-corrected chi connectivity index (χ1v) is 6.32. The number of nitrogens with one attached hydrogen (secondary N) is 1. The summed E-state index contributed by atoms with van der Waals surface area (Å²) >= 11 is 0. The Hall–Kier alpha value is -2.07. The number of benzene rings is 1. The molecule has 0 bridgehead atoms. The third-order valence-electron chi connectivity index (χ3n) is 2.11. The van der Waals surface area contributed by atoms with E-state index in [-0.39, 0.29) is 0 Å². The Kier molecular flexibility index (Phi) is 4.17. The summed E-state index contributed by atoms with van der Waals surface area (Å²) in [6, 6.07) is 0.395. The molecule has 0 saturated heterocycles. The van der Waals surface area contributed by atoms with Crippen molar-refractivity contribution in [3.63, 3.8) is 0 Å². The van der Waals surface area contributed by atoms with Gasteiger partial charge in [-0.05, 0) is 19.1 Å². The highest BCUT2D eigenvalue weighted by molar-refractivity contribution is 7.89. The van der Waals surface area contributed by atoms with Gasteiger partial charge in [0.15, 0.2) is 4.90 Å². The van der Waals surface area contributed by atoms with Crippen LogP contribution in [-0.4, -0.2) is 30.5 Å². The predicted molar refractivity (Wildman–Crippen MR) is 60.5 cm³/mol. The zero-order chi connectivity index (χ0) is 14.8.